The number of amides is 1. The van der Waals surface area contributed by atoms with Crippen molar-refractivity contribution < 1.29 is 18.5 Å². The van der Waals surface area contributed by atoms with Gasteiger partial charge in [0.25, 0.3) is 11.6 Å². The Kier molecular flexibility index (Phi) is 5.99. The van der Waals surface area contributed by atoms with E-state index >= 15 is 0 Å². The molecule has 31 heavy (non-hydrogen) atoms. The van der Waals surface area contributed by atoms with Crippen LogP contribution in [0.3, 0.4) is 0 Å². The second-order valence-electron chi connectivity index (χ2n) is 7.46. The molecule has 0 spiro atoms. The summed E-state index contributed by atoms with van der Waals surface area (Å²) < 4.78 is 16.5. The lowest BCUT2D eigenvalue weighted by molar-refractivity contribution is 0.0952. The van der Waals surface area contributed by atoms with Crippen molar-refractivity contribution in [2.75, 3.05) is 27.2 Å². The first-order chi connectivity index (χ1) is 15.0. The molecule has 0 radical (unpaired) electrons. The lowest BCUT2D eigenvalue weighted by Crippen LogP contribution is -2.23. The van der Waals surface area contributed by atoms with Crippen molar-refractivity contribution in [3.63, 3.8) is 0 Å². The number of nitrogens with one attached hydrogen (secondary N) is 1. The highest BCUT2D eigenvalue weighted by Gasteiger charge is 2.20. The van der Waals surface area contributed by atoms with E-state index in [0.29, 0.717) is 47.0 Å². The summed E-state index contributed by atoms with van der Waals surface area (Å²) >= 11 is 0. The van der Waals surface area contributed by atoms with Crippen LogP contribution in [0.15, 0.2) is 57.7 Å². The van der Waals surface area contributed by atoms with Crippen LogP contribution in [0.1, 0.15) is 21.6 Å². The zero-order valence-corrected chi connectivity index (χ0v) is 17.7. The highest BCUT2D eigenvalue weighted by atomic mass is 16.5. The number of ether oxygens (including phenoxy) is 1. The number of fused-ring (bicyclic) bond motifs is 1. The predicted molar refractivity (Wildman–Crippen MR) is 116 cm³/mol. The molecular formula is C23H24N4O4. The summed E-state index contributed by atoms with van der Waals surface area (Å²) in [7, 11) is 4.00. The summed E-state index contributed by atoms with van der Waals surface area (Å²) in [5.74, 6) is 1.08. The molecule has 8 nitrogen and oxygen atoms in total. The maximum Gasteiger partial charge on any atom is 0.259 e. The molecule has 0 bridgehead atoms. The predicted octanol–water partition coefficient (Wildman–Crippen LogP) is 3.66. The Hall–Kier alpha value is -3.65. The standard InChI is InChI=1S/C23H24N4O4/c1-15-21-18(13-19(20-8-5-10-30-20)25-23(21)31-26-15)22(28)24-14-16-6-4-7-17(12-16)29-11-9-27(2)3/h4-8,10,12-13H,9,11,14H2,1-3H3,(H,24,28). The molecular weight excluding hydrogens is 396 g/mol. The first-order valence-corrected chi connectivity index (χ1v) is 9.97. The number of nitrogens with zero attached hydrogens (tertiary/aromatic N) is 3. The van der Waals surface area contributed by atoms with Crippen molar-refractivity contribution in [3.05, 3.63) is 65.5 Å². The SMILES string of the molecule is Cc1noc2nc(-c3ccco3)cc(C(=O)NCc3cccc(OCCN(C)C)c3)c12. The summed E-state index contributed by atoms with van der Waals surface area (Å²) in [5.41, 5.74) is 2.79. The summed E-state index contributed by atoms with van der Waals surface area (Å²) in [6.07, 6.45) is 1.56. The molecule has 8 heteroatoms. The largest absolute Gasteiger partial charge is 0.492 e. The molecule has 0 fully saturated rings. The average Bonchev–Trinajstić information content (AvgIpc) is 3.42. The summed E-state index contributed by atoms with van der Waals surface area (Å²) in [6.45, 7) is 3.56. The van der Waals surface area contributed by atoms with Gasteiger partial charge >= 0.3 is 0 Å². The van der Waals surface area contributed by atoms with Gasteiger partial charge in [0.1, 0.15) is 18.1 Å². The molecule has 1 amide bonds. The van der Waals surface area contributed by atoms with Crippen molar-refractivity contribution in [1.29, 1.82) is 0 Å². The van der Waals surface area contributed by atoms with Gasteiger partial charge in [-0.15, -0.1) is 0 Å². The van der Waals surface area contributed by atoms with E-state index in [-0.39, 0.29) is 5.91 Å². The molecule has 4 rings (SSSR count). The number of aromatic nitrogens is 2. The van der Waals surface area contributed by atoms with E-state index in [0.717, 1.165) is 17.9 Å². The van der Waals surface area contributed by atoms with Crippen LogP contribution < -0.4 is 10.1 Å². The zero-order chi connectivity index (χ0) is 21.8. The second kappa shape index (κ2) is 9.01. The Morgan fingerprint density at radius 3 is 2.84 bits per heavy atom. The number of hydrogen-bond acceptors (Lipinski definition) is 7. The van der Waals surface area contributed by atoms with E-state index in [2.05, 4.69) is 20.4 Å². The van der Waals surface area contributed by atoms with E-state index < -0.39 is 0 Å². The Labute approximate surface area is 179 Å². The fourth-order valence-electron chi connectivity index (χ4n) is 3.19. The second-order valence-corrected chi connectivity index (χ2v) is 7.46. The van der Waals surface area contributed by atoms with Crippen LogP contribution in [0.4, 0.5) is 0 Å². The molecule has 0 saturated carbocycles. The Morgan fingerprint density at radius 1 is 1.19 bits per heavy atom. The molecule has 0 unspecified atom stereocenters. The van der Waals surface area contributed by atoms with Crippen molar-refractivity contribution in [1.82, 2.24) is 20.4 Å². The Balaban J connectivity index is 1.52. The van der Waals surface area contributed by atoms with E-state index in [4.69, 9.17) is 13.7 Å². The fraction of sp³-hybridized carbons (Fsp3) is 0.261. The highest BCUT2D eigenvalue weighted by molar-refractivity contribution is 6.06. The van der Waals surface area contributed by atoms with Gasteiger partial charge in [0.15, 0.2) is 5.76 Å². The zero-order valence-electron chi connectivity index (χ0n) is 17.7. The normalized spacial score (nSPS) is 11.2. The monoisotopic (exact) mass is 420 g/mol. The maximum atomic E-state index is 13.1. The smallest absolute Gasteiger partial charge is 0.259 e. The first kappa shape index (κ1) is 20.6. The highest BCUT2D eigenvalue weighted by Crippen LogP contribution is 2.27. The number of likely N-dealkylation sites (N-methyl/N-ethyl adjacent to an activating group) is 1. The van der Waals surface area contributed by atoms with Gasteiger partial charge in [0, 0.05) is 13.1 Å². The van der Waals surface area contributed by atoms with Crippen LogP contribution in [0.25, 0.3) is 22.6 Å². The summed E-state index contributed by atoms with van der Waals surface area (Å²) in [6, 6.07) is 12.9. The van der Waals surface area contributed by atoms with E-state index in [9.17, 15) is 4.79 Å². The van der Waals surface area contributed by atoms with Crippen molar-refractivity contribution in [3.8, 4) is 17.2 Å². The summed E-state index contributed by atoms with van der Waals surface area (Å²) in [5, 5.41) is 7.52. The fourth-order valence-corrected chi connectivity index (χ4v) is 3.19. The molecule has 0 aliphatic rings. The number of benzene rings is 1. The number of hydrogen-bond donors (Lipinski definition) is 1. The van der Waals surface area contributed by atoms with Gasteiger partial charge in [-0.05, 0) is 56.9 Å². The van der Waals surface area contributed by atoms with Crippen LogP contribution in [0.5, 0.6) is 5.75 Å². The minimum atomic E-state index is -0.245. The molecule has 0 aliphatic carbocycles. The third kappa shape index (κ3) is 4.75. The van der Waals surface area contributed by atoms with Crippen LogP contribution in [0.2, 0.25) is 0 Å². The third-order valence-corrected chi connectivity index (χ3v) is 4.79. The number of aryl methyl sites for hydroxylation is 1. The Morgan fingerprint density at radius 2 is 2.06 bits per heavy atom. The van der Waals surface area contributed by atoms with Gasteiger partial charge in [0.05, 0.1) is 22.9 Å². The number of pyridine rings is 1. The first-order valence-electron chi connectivity index (χ1n) is 9.97. The quantitative estimate of drug-likeness (QED) is 0.465. The number of carbonyl (C=O) groups excluding carboxylic acids is 1. The van der Waals surface area contributed by atoms with Crippen molar-refractivity contribution in [2.45, 2.75) is 13.5 Å². The molecule has 3 heterocycles. The number of carbonyl (C=O) groups is 1. The Bertz CT molecular complexity index is 1180. The van der Waals surface area contributed by atoms with Crippen molar-refractivity contribution >= 4 is 17.0 Å². The van der Waals surface area contributed by atoms with Gasteiger partial charge in [-0.1, -0.05) is 17.3 Å². The lowest BCUT2D eigenvalue weighted by atomic mass is 10.1. The lowest BCUT2D eigenvalue weighted by Gasteiger charge is -2.12. The number of furan rings is 1. The molecule has 3 aromatic heterocycles. The van der Waals surface area contributed by atoms with Crippen molar-refractivity contribution in [2.24, 2.45) is 0 Å². The van der Waals surface area contributed by atoms with Gasteiger partial charge in [-0.3, -0.25) is 4.79 Å². The van der Waals surface area contributed by atoms with E-state index in [1.54, 1.807) is 31.4 Å². The van der Waals surface area contributed by atoms with Crippen LogP contribution in [0, 0.1) is 6.92 Å². The van der Waals surface area contributed by atoms with Crippen LogP contribution in [-0.4, -0.2) is 48.2 Å². The van der Waals surface area contributed by atoms with Crippen LogP contribution >= 0.6 is 0 Å². The average molecular weight is 420 g/mol. The molecule has 0 saturated heterocycles. The number of rotatable bonds is 8. The third-order valence-electron chi connectivity index (χ3n) is 4.79. The minimum Gasteiger partial charge on any atom is -0.492 e. The molecule has 1 N–H and O–H groups in total. The van der Waals surface area contributed by atoms with Crippen LogP contribution in [-0.2, 0) is 6.54 Å². The molecule has 160 valence electrons. The van der Waals surface area contributed by atoms with E-state index in [1.165, 1.54) is 0 Å². The van der Waals surface area contributed by atoms with Gasteiger partial charge in [-0.2, -0.15) is 0 Å². The van der Waals surface area contributed by atoms with Gasteiger partial charge in [-0.25, -0.2) is 4.98 Å². The molecule has 4 aromatic rings. The molecule has 0 atom stereocenters. The topological polar surface area (TPSA) is 93.6 Å². The van der Waals surface area contributed by atoms with E-state index in [1.807, 2.05) is 38.4 Å². The summed E-state index contributed by atoms with van der Waals surface area (Å²) in [4.78, 5) is 19.5. The minimum absolute atomic E-state index is 0.245. The maximum absolute atomic E-state index is 13.1. The molecule has 1 aromatic carbocycles. The van der Waals surface area contributed by atoms with Gasteiger partial charge in [0.2, 0.25) is 0 Å². The molecule has 0 aliphatic heterocycles. The van der Waals surface area contributed by atoms with Gasteiger partial charge < -0.3 is 23.9 Å².